The first kappa shape index (κ1) is 21.3. The molecule has 1 N–H and O–H groups in total. The van der Waals surface area contributed by atoms with Crippen LogP contribution < -0.4 is 10.1 Å². The molecule has 4 rings (SSSR count). The Balaban J connectivity index is 1.63. The zero-order chi connectivity index (χ0) is 22.0. The molecule has 31 heavy (non-hydrogen) atoms. The lowest BCUT2D eigenvalue weighted by Gasteiger charge is -2.14. The number of aryl methyl sites for hydroxylation is 1. The van der Waals surface area contributed by atoms with Gasteiger partial charge in [-0.1, -0.05) is 25.5 Å². The predicted molar refractivity (Wildman–Crippen MR) is 123 cm³/mol. The molecular formula is C24H27N3O3S. The van der Waals surface area contributed by atoms with Gasteiger partial charge in [-0.25, -0.2) is 4.68 Å². The third kappa shape index (κ3) is 4.42. The van der Waals surface area contributed by atoms with Crippen molar-refractivity contribution in [2.45, 2.75) is 45.1 Å². The van der Waals surface area contributed by atoms with Gasteiger partial charge in [0.1, 0.15) is 11.6 Å². The van der Waals surface area contributed by atoms with Crippen molar-refractivity contribution in [3.05, 3.63) is 70.4 Å². The molecule has 1 aliphatic rings. The number of amides is 1. The maximum Gasteiger partial charge on any atom is 0.256 e. The van der Waals surface area contributed by atoms with Crippen LogP contribution in [0.4, 0.5) is 5.82 Å². The molecule has 7 heteroatoms. The van der Waals surface area contributed by atoms with Crippen LogP contribution in [-0.4, -0.2) is 26.5 Å². The number of carbonyl (C=O) groups is 1. The van der Waals surface area contributed by atoms with Gasteiger partial charge in [-0.3, -0.25) is 9.00 Å². The summed E-state index contributed by atoms with van der Waals surface area (Å²) < 4.78 is 19.6. The Bertz CT molecular complexity index is 1140. The van der Waals surface area contributed by atoms with Gasteiger partial charge < -0.3 is 10.1 Å². The summed E-state index contributed by atoms with van der Waals surface area (Å²) in [5, 5.41) is 7.74. The number of nitrogens with zero attached hydrogens (tertiary/aromatic N) is 2. The second kappa shape index (κ2) is 9.06. The molecule has 0 aliphatic carbocycles. The number of aromatic nitrogens is 2. The zero-order valence-corrected chi connectivity index (χ0v) is 18.9. The van der Waals surface area contributed by atoms with Gasteiger partial charge in [0.2, 0.25) is 0 Å². The first-order valence-corrected chi connectivity index (χ1v) is 12.0. The number of rotatable bonds is 7. The van der Waals surface area contributed by atoms with E-state index in [9.17, 15) is 9.00 Å². The van der Waals surface area contributed by atoms with E-state index >= 15 is 0 Å². The largest absolute Gasteiger partial charge is 0.494 e. The molecule has 0 fully saturated rings. The zero-order valence-electron chi connectivity index (χ0n) is 18.1. The van der Waals surface area contributed by atoms with Crippen molar-refractivity contribution < 1.29 is 13.7 Å². The molecule has 1 aliphatic heterocycles. The van der Waals surface area contributed by atoms with Crippen molar-refractivity contribution in [2.24, 2.45) is 0 Å². The first-order chi connectivity index (χ1) is 15.0. The number of nitrogens with one attached hydrogen (secondary N) is 1. The number of fused-ring (bicyclic) bond motifs is 1. The molecule has 0 saturated carbocycles. The molecule has 2 aromatic carbocycles. The van der Waals surface area contributed by atoms with Crippen molar-refractivity contribution in [2.75, 3.05) is 11.9 Å². The van der Waals surface area contributed by atoms with Crippen LogP contribution in [0.3, 0.4) is 0 Å². The molecule has 1 amide bonds. The van der Waals surface area contributed by atoms with Gasteiger partial charge in [0, 0.05) is 21.9 Å². The number of carbonyl (C=O) groups excluding carboxylic acids is 1. The van der Waals surface area contributed by atoms with Gasteiger partial charge in [-0.05, 0) is 61.7 Å². The maximum atomic E-state index is 13.0. The normalized spacial score (nSPS) is 15.0. The minimum atomic E-state index is -0.983. The highest BCUT2D eigenvalue weighted by molar-refractivity contribution is 7.83. The fourth-order valence-electron chi connectivity index (χ4n) is 3.61. The predicted octanol–water partition coefficient (Wildman–Crippen LogP) is 4.68. The van der Waals surface area contributed by atoms with E-state index in [1.54, 1.807) is 16.8 Å². The number of benzene rings is 2. The molecule has 0 spiro atoms. The average Bonchev–Trinajstić information content (AvgIpc) is 3.27. The average molecular weight is 438 g/mol. The Morgan fingerprint density at radius 3 is 2.68 bits per heavy atom. The van der Waals surface area contributed by atoms with Crippen LogP contribution in [0.5, 0.6) is 5.75 Å². The van der Waals surface area contributed by atoms with Crippen LogP contribution >= 0.6 is 0 Å². The number of ether oxygens (including phenoxy) is 1. The van der Waals surface area contributed by atoms with Crippen molar-refractivity contribution in [1.29, 1.82) is 0 Å². The summed E-state index contributed by atoms with van der Waals surface area (Å²) in [7, 11) is -0.983. The Morgan fingerprint density at radius 1 is 1.16 bits per heavy atom. The first-order valence-electron chi connectivity index (χ1n) is 10.5. The summed E-state index contributed by atoms with van der Waals surface area (Å²) in [4.78, 5) is 13.0. The summed E-state index contributed by atoms with van der Waals surface area (Å²) >= 11 is 0. The molecule has 2 heterocycles. The highest BCUT2D eigenvalue weighted by atomic mass is 32.2. The minimum Gasteiger partial charge on any atom is -0.494 e. The van der Waals surface area contributed by atoms with E-state index in [4.69, 9.17) is 9.84 Å². The van der Waals surface area contributed by atoms with Gasteiger partial charge >= 0.3 is 0 Å². The Morgan fingerprint density at radius 2 is 1.94 bits per heavy atom. The van der Waals surface area contributed by atoms with E-state index in [-0.39, 0.29) is 5.91 Å². The molecular weight excluding hydrogens is 410 g/mol. The number of anilines is 1. The van der Waals surface area contributed by atoms with Crippen molar-refractivity contribution in [3.8, 4) is 11.4 Å². The van der Waals surface area contributed by atoms with Gasteiger partial charge in [0.25, 0.3) is 5.91 Å². The highest BCUT2D eigenvalue weighted by Crippen LogP contribution is 2.33. The van der Waals surface area contributed by atoms with E-state index in [0.29, 0.717) is 29.5 Å². The summed E-state index contributed by atoms with van der Waals surface area (Å²) in [6.07, 6.45) is 2.07. The van der Waals surface area contributed by atoms with Gasteiger partial charge in [-0.2, -0.15) is 5.10 Å². The van der Waals surface area contributed by atoms with E-state index in [2.05, 4.69) is 12.2 Å². The molecule has 0 bridgehead atoms. The standard InChI is InChI=1S/C24H27N3O3S/c1-4-5-13-30-19-11-9-18(10-12-19)24(28)25-23-20-14-31(29)15-21(20)26-27(23)22-8-6-7-16(2)17(22)3/h6-12H,4-5,13-15H2,1-3H3,(H,25,28). The van der Waals surface area contributed by atoms with Gasteiger partial charge in [-0.15, -0.1) is 0 Å². The van der Waals surface area contributed by atoms with Crippen LogP contribution in [0.15, 0.2) is 42.5 Å². The van der Waals surface area contributed by atoms with Crippen molar-refractivity contribution in [1.82, 2.24) is 9.78 Å². The number of unbranched alkanes of at least 4 members (excludes halogenated alkanes) is 1. The van der Waals surface area contributed by atoms with Crippen molar-refractivity contribution in [3.63, 3.8) is 0 Å². The second-order valence-corrected chi connectivity index (χ2v) is 9.27. The van der Waals surface area contributed by atoms with Crippen LogP contribution in [0.25, 0.3) is 5.69 Å². The molecule has 1 aromatic heterocycles. The number of hydrogen-bond acceptors (Lipinski definition) is 4. The molecule has 1 atom stereocenters. The molecule has 0 radical (unpaired) electrons. The fraction of sp³-hybridized carbons (Fsp3) is 0.333. The topological polar surface area (TPSA) is 73.2 Å². The van der Waals surface area contributed by atoms with E-state index in [0.717, 1.165) is 46.7 Å². The van der Waals surface area contributed by atoms with Crippen LogP contribution in [0.1, 0.15) is 52.5 Å². The summed E-state index contributed by atoms with van der Waals surface area (Å²) in [5.41, 5.74) is 5.32. The van der Waals surface area contributed by atoms with E-state index in [1.165, 1.54) is 0 Å². The van der Waals surface area contributed by atoms with E-state index in [1.807, 2.05) is 44.2 Å². The monoisotopic (exact) mass is 437 g/mol. The SMILES string of the molecule is CCCCOc1ccc(C(=O)Nc2c3c(nn2-c2cccc(C)c2C)CS(=O)C3)cc1. The molecule has 1 unspecified atom stereocenters. The lowest BCUT2D eigenvalue weighted by Crippen LogP contribution is -2.17. The van der Waals surface area contributed by atoms with Crippen molar-refractivity contribution >= 4 is 22.5 Å². The summed E-state index contributed by atoms with van der Waals surface area (Å²) in [6.45, 7) is 6.87. The summed E-state index contributed by atoms with van der Waals surface area (Å²) in [6, 6.07) is 13.2. The summed E-state index contributed by atoms with van der Waals surface area (Å²) in [5.74, 6) is 1.94. The molecule has 0 saturated heterocycles. The maximum absolute atomic E-state index is 13.0. The highest BCUT2D eigenvalue weighted by Gasteiger charge is 2.29. The van der Waals surface area contributed by atoms with Gasteiger partial charge in [0.15, 0.2) is 0 Å². The lowest BCUT2D eigenvalue weighted by molar-refractivity contribution is 0.102. The Kier molecular flexibility index (Phi) is 6.23. The Hall–Kier alpha value is -2.93. The fourth-order valence-corrected chi connectivity index (χ4v) is 4.88. The molecule has 162 valence electrons. The van der Waals surface area contributed by atoms with Gasteiger partial charge in [0.05, 0.1) is 29.5 Å². The smallest absolute Gasteiger partial charge is 0.256 e. The minimum absolute atomic E-state index is 0.230. The van der Waals surface area contributed by atoms with Crippen LogP contribution in [0, 0.1) is 13.8 Å². The van der Waals surface area contributed by atoms with Crippen LogP contribution in [-0.2, 0) is 22.3 Å². The Labute approximate surface area is 185 Å². The lowest BCUT2D eigenvalue weighted by atomic mass is 10.1. The quantitative estimate of drug-likeness (QED) is 0.545. The second-order valence-electron chi connectivity index (χ2n) is 7.81. The molecule has 3 aromatic rings. The van der Waals surface area contributed by atoms with E-state index < -0.39 is 10.8 Å². The third-order valence-corrected chi connectivity index (χ3v) is 6.80. The number of hydrogen-bond donors (Lipinski definition) is 1. The third-order valence-electron chi connectivity index (χ3n) is 5.59. The molecule has 6 nitrogen and oxygen atoms in total. The van der Waals surface area contributed by atoms with Crippen LogP contribution in [0.2, 0.25) is 0 Å².